The Morgan fingerprint density at radius 3 is 2.58 bits per heavy atom. The van der Waals surface area contributed by atoms with Crippen LogP contribution in [0.2, 0.25) is 0 Å². The summed E-state index contributed by atoms with van der Waals surface area (Å²) in [6.45, 7) is 14.6. The van der Waals surface area contributed by atoms with E-state index in [1.807, 2.05) is 6.08 Å². The molecule has 0 radical (unpaired) electrons. The van der Waals surface area contributed by atoms with Crippen LogP contribution in [0.25, 0.3) is 0 Å². The molecule has 0 amide bonds. The molecule has 0 spiro atoms. The molecular weight excluding hydrogens is 340 g/mol. The lowest BCUT2D eigenvalue weighted by Crippen LogP contribution is -2.37. The highest BCUT2D eigenvalue weighted by Crippen LogP contribution is 2.28. The van der Waals surface area contributed by atoms with Gasteiger partial charge in [-0.15, -0.1) is 0 Å². The third-order valence-corrected chi connectivity index (χ3v) is 3.98. The maximum atomic E-state index is 7.81. The van der Waals surface area contributed by atoms with Crippen LogP contribution in [0.3, 0.4) is 0 Å². The predicted molar refractivity (Wildman–Crippen MR) is 120 cm³/mol. The number of dihydropyridines is 1. The number of amidine groups is 2. The van der Waals surface area contributed by atoms with Crippen molar-refractivity contribution in [3.05, 3.63) is 48.2 Å². The zero-order valence-electron chi connectivity index (χ0n) is 17.1. The SMILES string of the molecule is C=CC(=CC(C)/C=C\CC)NC1=NC(C(C)(C)C)CC=C1C(=N)N.CS. The number of nitrogens with two attached hydrogens (primary N) is 1. The highest BCUT2D eigenvalue weighted by Gasteiger charge is 2.28. The fourth-order valence-electron chi connectivity index (χ4n) is 2.48. The molecule has 4 nitrogen and oxygen atoms in total. The minimum Gasteiger partial charge on any atom is -0.384 e. The van der Waals surface area contributed by atoms with Crippen LogP contribution in [0.4, 0.5) is 0 Å². The fraction of sp³-hybridized carbons (Fsp3) is 0.524. The van der Waals surface area contributed by atoms with Gasteiger partial charge in [0.15, 0.2) is 0 Å². The first-order chi connectivity index (χ1) is 12.2. The van der Waals surface area contributed by atoms with Crippen LogP contribution in [0.5, 0.6) is 0 Å². The average Bonchev–Trinajstić information content (AvgIpc) is 2.60. The molecule has 4 N–H and O–H groups in total. The Hall–Kier alpha value is -1.75. The van der Waals surface area contributed by atoms with Crippen LogP contribution < -0.4 is 11.1 Å². The lowest BCUT2D eigenvalue weighted by Gasteiger charge is -2.31. The predicted octanol–water partition coefficient (Wildman–Crippen LogP) is 4.87. The highest BCUT2D eigenvalue weighted by atomic mass is 32.1. The number of thiol groups is 1. The molecule has 1 aliphatic heterocycles. The van der Waals surface area contributed by atoms with Crippen molar-refractivity contribution in [1.82, 2.24) is 5.32 Å². The summed E-state index contributed by atoms with van der Waals surface area (Å²) in [5.74, 6) is 0.986. The molecule has 146 valence electrons. The second kappa shape index (κ2) is 11.8. The standard InChI is InChI=1S/C20H32N4.CH4S/c1-7-9-10-14(3)13-15(8-2)23-19-16(18(21)22)11-12-17(24-19)20(4,5)6;1-2/h8-11,13-14,17H,2,7,12H2,1,3-6H3,(H3,21,22)(H,23,24);2H,1H3/b10-9-,15-13?;. The number of aliphatic imine (C=N–C) groups is 1. The molecule has 5 heteroatoms. The fourth-order valence-corrected chi connectivity index (χ4v) is 2.48. The maximum absolute atomic E-state index is 7.81. The van der Waals surface area contributed by atoms with Gasteiger partial charge in [-0.25, -0.2) is 0 Å². The first-order valence-electron chi connectivity index (χ1n) is 9.04. The molecule has 0 aromatic rings. The van der Waals surface area contributed by atoms with Gasteiger partial charge >= 0.3 is 0 Å². The Morgan fingerprint density at radius 1 is 1.50 bits per heavy atom. The van der Waals surface area contributed by atoms with E-state index >= 15 is 0 Å². The quantitative estimate of drug-likeness (QED) is 0.175. The van der Waals surface area contributed by atoms with E-state index in [9.17, 15) is 0 Å². The van der Waals surface area contributed by atoms with Gasteiger partial charge in [-0.3, -0.25) is 10.4 Å². The topological polar surface area (TPSA) is 74.3 Å². The van der Waals surface area contributed by atoms with E-state index in [4.69, 9.17) is 16.1 Å². The Morgan fingerprint density at radius 2 is 2.12 bits per heavy atom. The molecule has 0 aromatic heterocycles. The van der Waals surface area contributed by atoms with E-state index in [2.05, 4.69) is 77.4 Å². The zero-order valence-corrected chi connectivity index (χ0v) is 18.0. The third kappa shape index (κ3) is 8.09. The summed E-state index contributed by atoms with van der Waals surface area (Å²) in [5, 5.41) is 11.1. The lowest BCUT2D eigenvalue weighted by molar-refractivity contribution is 0.322. The second-order valence-electron chi connectivity index (χ2n) is 7.27. The molecule has 2 atom stereocenters. The molecule has 1 rings (SSSR count). The monoisotopic (exact) mass is 376 g/mol. The molecule has 0 fully saturated rings. The second-order valence-corrected chi connectivity index (χ2v) is 7.27. The van der Waals surface area contributed by atoms with E-state index in [-0.39, 0.29) is 23.2 Å². The maximum Gasteiger partial charge on any atom is 0.136 e. The van der Waals surface area contributed by atoms with E-state index < -0.39 is 0 Å². The molecular formula is C21H36N4S. The molecule has 1 aliphatic rings. The van der Waals surface area contributed by atoms with Crippen LogP contribution in [-0.2, 0) is 0 Å². The van der Waals surface area contributed by atoms with Crippen LogP contribution >= 0.6 is 12.6 Å². The number of nitrogens with zero attached hydrogens (tertiary/aromatic N) is 1. The highest BCUT2D eigenvalue weighted by molar-refractivity contribution is 7.79. The summed E-state index contributed by atoms with van der Waals surface area (Å²) < 4.78 is 0. The number of allylic oxidation sites excluding steroid dienone is 4. The summed E-state index contributed by atoms with van der Waals surface area (Å²) in [7, 11) is 0. The Labute approximate surface area is 165 Å². The van der Waals surface area contributed by atoms with Gasteiger partial charge in [-0.05, 0) is 36.5 Å². The van der Waals surface area contributed by atoms with Crippen LogP contribution in [0, 0.1) is 16.7 Å². The Kier molecular flexibility index (Phi) is 11.0. The van der Waals surface area contributed by atoms with Crippen molar-refractivity contribution >= 4 is 24.3 Å². The van der Waals surface area contributed by atoms with Gasteiger partial charge in [-0.2, -0.15) is 12.6 Å². The molecule has 0 saturated carbocycles. The summed E-state index contributed by atoms with van der Waals surface area (Å²) in [6.07, 6.45) is 13.7. The van der Waals surface area contributed by atoms with Gasteiger partial charge in [0.2, 0.25) is 0 Å². The van der Waals surface area contributed by atoms with E-state index in [0.717, 1.165) is 18.5 Å². The third-order valence-electron chi connectivity index (χ3n) is 3.98. The minimum atomic E-state index is 0.0379. The van der Waals surface area contributed by atoms with Crippen LogP contribution in [-0.4, -0.2) is 24.0 Å². The van der Waals surface area contributed by atoms with Crippen molar-refractivity contribution in [1.29, 1.82) is 5.41 Å². The van der Waals surface area contributed by atoms with Crippen molar-refractivity contribution in [2.24, 2.45) is 22.1 Å². The van der Waals surface area contributed by atoms with E-state index in [1.54, 1.807) is 12.3 Å². The van der Waals surface area contributed by atoms with Gasteiger partial charge in [0.1, 0.15) is 11.7 Å². The molecule has 0 saturated heterocycles. The lowest BCUT2D eigenvalue weighted by atomic mass is 9.83. The first kappa shape index (κ1) is 24.2. The van der Waals surface area contributed by atoms with E-state index in [0.29, 0.717) is 11.4 Å². The molecule has 0 bridgehead atoms. The number of hydrogen-bond acceptors (Lipinski definition) is 4. The van der Waals surface area contributed by atoms with Gasteiger partial charge < -0.3 is 11.1 Å². The van der Waals surface area contributed by atoms with Crippen molar-refractivity contribution in [2.45, 2.75) is 53.5 Å². The van der Waals surface area contributed by atoms with Gasteiger partial charge in [0.05, 0.1) is 11.6 Å². The number of rotatable bonds is 6. The molecule has 2 unspecified atom stereocenters. The van der Waals surface area contributed by atoms with Crippen molar-refractivity contribution in [2.75, 3.05) is 6.26 Å². The molecule has 0 aromatic carbocycles. The van der Waals surface area contributed by atoms with Crippen molar-refractivity contribution < 1.29 is 0 Å². The first-order valence-corrected chi connectivity index (χ1v) is 9.93. The largest absolute Gasteiger partial charge is 0.384 e. The minimum absolute atomic E-state index is 0.0379. The Bertz CT molecular complexity index is 592. The van der Waals surface area contributed by atoms with Crippen LogP contribution in [0.1, 0.15) is 47.5 Å². The normalized spacial score (nSPS) is 19.0. The Balaban J connectivity index is 0.00000301. The van der Waals surface area contributed by atoms with E-state index in [1.165, 1.54) is 0 Å². The average molecular weight is 377 g/mol. The summed E-state index contributed by atoms with van der Waals surface area (Å²) >= 11 is 3.53. The summed E-state index contributed by atoms with van der Waals surface area (Å²) in [6, 6.07) is 0.159. The summed E-state index contributed by atoms with van der Waals surface area (Å²) in [5.41, 5.74) is 7.34. The van der Waals surface area contributed by atoms with Crippen molar-refractivity contribution in [3.8, 4) is 0 Å². The van der Waals surface area contributed by atoms with Gasteiger partial charge in [-0.1, -0.05) is 65.5 Å². The smallest absolute Gasteiger partial charge is 0.136 e. The number of nitrogens with one attached hydrogen (secondary N) is 2. The number of hydrogen-bond donors (Lipinski definition) is 4. The van der Waals surface area contributed by atoms with Crippen molar-refractivity contribution in [3.63, 3.8) is 0 Å². The summed E-state index contributed by atoms with van der Waals surface area (Å²) in [4.78, 5) is 4.82. The zero-order chi connectivity index (χ0) is 20.3. The van der Waals surface area contributed by atoms with Gasteiger partial charge in [0.25, 0.3) is 0 Å². The van der Waals surface area contributed by atoms with Gasteiger partial charge in [0, 0.05) is 5.70 Å². The molecule has 26 heavy (non-hydrogen) atoms. The molecule has 1 heterocycles. The molecule has 0 aliphatic carbocycles. The van der Waals surface area contributed by atoms with Crippen LogP contribution in [0.15, 0.2) is 53.2 Å².